The van der Waals surface area contributed by atoms with E-state index in [1.807, 2.05) is 12.1 Å². The van der Waals surface area contributed by atoms with Gasteiger partial charge < -0.3 is 15.1 Å². The largest absolute Gasteiger partial charge is 0.461 e. The average Bonchev–Trinajstić information content (AvgIpc) is 3.29. The monoisotopic (exact) mass is 517 g/mol. The number of halogens is 1. The van der Waals surface area contributed by atoms with Gasteiger partial charge in [0.1, 0.15) is 11.3 Å². The molecular formula is C26H28FN9O2. The lowest BCUT2D eigenvalue weighted by Crippen LogP contribution is -2.47. The van der Waals surface area contributed by atoms with Crippen LogP contribution < -0.4 is 16.3 Å². The molecule has 0 amide bonds. The van der Waals surface area contributed by atoms with Gasteiger partial charge in [-0.3, -0.25) is 14.0 Å². The molecule has 5 aromatic rings. The first-order valence-corrected chi connectivity index (χ1v) is 13.0. The zero-order chi connectivity index (χ0) is 25.8. The van der Waals surface area contributed by atoms with Crippen LogP contribution in [0.4, 0.5) is 16.0 Å². The van der Waals surface area contributed by atoms with Crippen molar-refractivity contribution >= 4 is 28.4 Å². The number of hydrogen-bond acceptors (Lipinski definition) is 8. The van der Waals surface area contributed by atoms with Gasteiger partial charge in [-0.25, -0.2) is 14.2 Å². The molecule has 0 unspecified atom stereocenters. The van der Waals surface area contributed by atoms with Crippen molar-refractivity contribution in [2.75, 3.05) is 43.4 Å². The topological polar surface area (TPSA) is 116 Å². The summed E-state index contributed by atoms with van der Waals surface area (Å²) in [5, 5.41) is 4.50. The summed E-state index contributed by atoms with van der Waals surface area (Å²) in [5.74, 6) is 1.35. The molecule has 1 aromatic carbocycles. The summed E-state index contributed by atoms with van der Waals surface area (Å²) in [6.07, 6.45) is 3.79. The molecule has 1 saturated heterocycles. The molecule has 1 aliphatic heterocycles. The molecule has 4 aromatic heterocycles. The van der Waals surface area contributed by atoms with Crippen LogP contribution in [0.25, 0.3) is 28.4 Å². The second-order valence-electron chi connectivity index (χ2n) is 10.1. The maximum Gasteiger partial charge on any atom is 0.330 e. The number of imidazole rings is 1. The molecule has 2 aliphatic rings. The molecule has 0 spiro atoms. The molecule has 1 saturated carbocycles. The van der Waals surface area contributed by atoms with Crippen molar-refractivity contribution in [1.29, 1.82) is 0 Å². The molecule has 0 radical (unpaired) electrons. The predicted molar refractivity (Wildman–Crippen MR) is 140 cm³/mol. The molecular weight excluding hydrogens is 489 g/mol. The van der Waals surface area contributed by atoms with E-state index < -0.39 is 0 Å². The summed E-state index contributed by atoms with van der Waals surface area (Å²) in [6, 6.07) is 10.2. The fraction of sp³-hybridized carbons (Fsp3) is 0.385. The summed E-state index contributed by atoms with van der Waals surface area (Å²) >= 11 is 0. The van der Waals surface area contributed by atoms with Crippen LogP contribution >= 0.6 is 0 Å². The molecule has 196 valence electrons. The van der Waals surface area contributed by atoms with Crippen LogP contribution in [0.5, 0.6) is 0 Å². The fourth-order valence-corrected chi connectivity index (χ4v) is 5.26. The Morgan fingerprint density at radius 1 is 0.974 bits per heavy atom. The van der Waals surface area contributed by atoms with E-state index in [1.54, 1.807) is 27.5 Å². The molecule has 2 fully saturated rings. The first-order valence-electron chi connectivity index (χ1n) is 13.0. The van der Waals surface area contributed by atoms with E-state index in [9.17, 15) is 9.18 Å². The van der Waals surface area contributed by atoms with Crippen molar-refractivity contribution in [3.8, 4) is 11.6 Å². The van der Waals surface area contributed by atoms with Gasteiger partial charge in [0.05, 0.1) is 6.26 Å². The number of benzene rings is 1. The van der Waals surface area contributed by atoms with Crippen LogP contribution in [-0.2, 0) is 13.1 Å². The van der Waals surface area contributed by atoms with E-state index in [2.05, 4.69) is 19.9 Å². The summed E-state index contributed by atoms with van der Waals surface area (Å²) in [4.78, 5) is 27.6. The number of aromatic nitrogens is 6. The van der Waals surface area contributed by atoms with E-state index in [-0.39, 0.29) is 17.5 Å². The average molecular weight is 518 g/mol. The van der Waals surface area contributed by atoms with E-state index >= 15 is 0 Å². The first kappa shape index (κ1) is 23.0. The predicted octanol–water partition coefficient (Wildman–Crippen LogP) is 2.45. The Bertz CT molecular complexity index is 1660. The summed E-state index contributed by atoms with van der Waals surface area (Å²) in [5.41, 5.74) is 8.92. The molecule has 12 heteroatoms. The third-order valence-electron chi connectivity index (χ3n) is 7.54. The Hall–Kier alpha value is -4.19. The Balaban J connectivity index is 1.18. The minimum absolute atomic E-state index is 0.0978. The number of fused-ring (bicyclic) bond motifs is 3. The second kappa shape index (κ2) is 8.98. The smallest absolute Gasteiger partial charge is 0.330 e. The number of nitrogens with two attached hydrogens (primary N) is 1. The second-order valence-corrected chi connectivity index (χ2v) is 10.1. The van der Waals surface area contributed by atoms with Crippen molar-refractivity contribution in [2.45, 2.75) is 25.9 Å². The molecule has 0 bridgehead atoms. The highest BCUT2D eigenvalue weighted by molar-refractivity contribution is 5.88. The Labute approximate surface area is 216 Å². The molecule has 0 atom stereocenters. The number of nitrogens with zero attached hydrogens (tertiary/aromatic N) is 8. The highest BCUT2D eigenvalue weighted by atomic mass is 19.1. The fourth-order valence-electron chi connectivity index (χ4n) is 5.26. The minimum atomic E-state index is -0.228. The lowest BCUT2D eigenvalue weighted by molar-refractivity contribution is 0.247. The summed E-state index contributed by atoms with van der Waals surface area (Å²) in [7, 11) is 0. The standard InChI is InChI=1S/C26H28FN9O2/c27-18-5-7-19(8-6-18)33-12-9-32(10-13-33)11-14-34-23-21(35(26(34)37)16-17-3-4-17)24-29-22(20-2-1-15-38-20)31-36(24)25(28)30-23/h1-2,5-8,15,17H,3-4,9-14,16H2,(H2,28,30). The summed E-state index contributed by atoms with van der Waals surface area (Å²) in [6.45, 7) is 5.20. The number of piperazine rings is 1. The van der Waals surface area contributed by atoms with Gasteiger partial charge in [0.2, 0.25) is 11.8 Å². The molecule has 1 aliphatic carbocycles. The normalized spacial score (nSPS) is 16.7. The van der Waals surface area contributed by atoms with Gasteiger partial charge in [-0.05, 0) is 55.2 Å². The number of rotatable bonds is 7. The van der Waals surface area contributed by atoms with Crippen LogP contribution in [0.2, 0.25) is 0 Å². The number of furan rings is 1. The maximum atomic E-state index is 13.7. The van der Waals surface area contributed by atoms with Gasteiger partial charge >= 0.3 is 5.69 Å². The van der Waals surface area contributed by atoms with Gasteiger partial charge in [-0.2, -0.15) is 9.50 Å². The Morgan fingerprint density at radius 3 is 2.47 bits per heavy atom. The van der Waals surface area contributed by atoms with E-state index in [1.165, 1.54) is 16.6 Å². The van der Waals surface area contributed by atoms with Crippen molar-refractivity contribution in [1.82, 2.24) is 33.6 Å². The van der Waals surface area contributed by atoms with Gasteiger partial charge in [0.15, 0.2) is 17.1 Å². The maximum absolute atomic E-state index is 13.7. The van der Waals surface area contributed by atoms with Crippen LogP contribution in [0, 0.1) is 11.7 Å². The van der Waals surface area contributed by atoms with Crippen molar-refractivity contribution < 1.29 is 8.81 Å². The lowest BCUT2D eigenvalue weighted by atomic mass is 10.2. The van der Waals surface area contributed by atoms with Crippen LogP contribution in [0.1, 0.15) is 12.8 Å². The molecule has 38 heavy (non-hydrogen) atoms. The molecule has 7 rings (SSSR count). The highest BCUT2D eigenvalue weighted by Gasteiger charge is 2.28. The van der Waals surface area contributed by atoms with Gasteiger partial charge in [-0.1, -0.05) is 0 Å². The highest BCUT2D eigenvalue weighted by Crippen LogP contribution is 2.32. The Morgan fingerprint density at radius 2 is 1.76 bits per heavy atom. The van der Waals surface area contributed by atoms with Gasteiger partial charge in [0.25, 0.3) is 0 Å². The molecule has 5 heterocycles. The van der Waals surface area contributed by atoms with Gasteiger partial charge in [-0.15, -0.1) is 5.10 Å². The van der Waals surface area contributed by atoms with Crippen molar-refractivity contribution in [3.63, 3.8) is 0 Å². The van der Waals surface area contributed by atoms with Gasteiger partial charge in [0, 0.05) is 51.5 Å². The molecule has 11 nitrogen and oxygen atoms in total. The van der Waals surface area contributed by atoms with Crippen LogP contribution in [-0.4, -0.2) is 66.3 Å². The van der Waals surface area contributed by atoms with E-state index in [0.29, 0.717) is 53.9 Å². The third-order valence-corrected chi connectivity index (χ3v) is 7.54. The van der Waals surface area contributed by atoms with Crippen LogP contribution in [0.3, 0.4) is 0 Å². The molecule has 2 N–H and O–H groups in total. The zero-order valence-electron chi connectivity index (χ0n) is 20.8. The Kier molecular flexibility index (Phi) is 5.43. The minimum Gasteiger partial charge on any atom is -0.461 e. The SMILES string of the molecule is Nc1nc2c(c3nc(-c4ccco4)nn13)n(CC1CC1)c(=O)n2CCN1CCN(c2ccc(F)cc2)CC1. The van der Waals surface area contributed by atoms with E-state index in [0.717, 1.165) is 44.7 Å². The van der Waals surface area contributed by atoms with Crippen LogP contribution in [0.15, 0.2) is 51.9 Å². The zero-order valence-corrected chi connectivity index (χ0v) is 20.8. The third kappa shape index (κ3) is 4.01. The quantitative estimate of drug-likeness (QED) is 0.350. The number of anilines is 2. The summed E-state index contributed by atoms with van der Waals surface area (Å²) < 4.78 is 23.8. The number of nitrogen functional groups attached to an aromatic ring is 1. The lowest BCUT2D eigenvalue weighted by Gasteiger charge is -2.36. The van der Waals surface area contributed by atoms with Crippen molar-refractivity contribution in [3.05, 3.63) is 59.0 Å². The van der Waals surface area contributed by atoms with E-state index in [4.69, 9.17) is 15.1 Å². The first-order chi connectivity index (χ1) is 18.5. The van der Waals surface area contributed by atoms with Crippen molar-refractivity contribution in [2.24, 2.45) is 5.92 Å². The number of hydrogen-bond donors (Lipinski definition) is 1.